The summed E-state index contributed by atoms with van der Waals surface area (Å²) < 4.78 is 27.3. The van der Waals surface area contributed by atoms with Crippen molar-refractivity contribution in [3.8, 4) is 0 Å². The highest BCUT2D eigenvalue weighted by atomic mass is 35.5. The summed E-state index contributed by atoms with van der Waals surface area (Å²) in [6.07, 6.45) is 0. The van der Waals surface area contributed by atoms with Crippen LogP contribution in [0.1, 0.15) is 12.5 Å². The molecular weight excluding hydrogens is 401 g/mol. The van der Waals surface area contributed by atoms with Gasteiger partial charge in [-0.1, -0.05) is 35.3 Å². The van der Waals surface area contributed by atoms with E-state index in [2.05, 4.69) is 15.4 Å². The number of hydrogen-bond donors (Lipinski definition) is 3. The summed E-state index contributed by atoms with van der Waals surface area (Å²) in [4.78, 5) is 23.2. The predicted molar refractivity (Wildman–Crippen MR) is 97.7 cm³/mol. The number of carbonyl (C=O) groups excluding carboxylic acids is 2. The number of rotatable bonds is 4. The second kappa shape index (κ2) is 6.46. The molecule has 0 radical (unpaired) electrons. The van der Waals surface area contributed by atoms with Crippen molar-refractivity contribution in [2.24, 2.45) is 0 Å². The minimum Gasteiger partial charge on any atom is -0.320 e. The van der Waals surface area contributed by atoms with Crippen LogP contribution in [0.3, 0.4) is 0 Å². The van der Waals surface area contributed by atoms with Crippen molar-refractivity contribution in [2.75, 3.05) is 4.72 Å². The van der Waals surface area contributed by atoms with E-state index in [1.807, 2.05) is 0 Å². The van der Waals surface area contributed by atoms with E-state index < -0.39 is 27.5 Å². The average molecular weight is 414 g/mol. The fourth-order valence-corrected chi connectivity index (χ4v) is 4.30. The molecule has 0 unspecified atom stereocenters. The monoisotopic (exact) mass is 413 g/mol. The van der Waals surface area contributed by atoms with Crippen molar-refractivity contribution in [1.29, 1.82) is 0 Å². The maximum absolute atomic E-state index is 12.5. The molecule has 1 saturated heterocycles. The number of carbonyl (C=O) groups is 2. The van der Waals surface area contributed by atoms with Crippen molar-refractivity contribution in [1.82, 2.24) is 10.6 Å². The summed E-state index contributed by atoms with van der Waals surface area (Å²) in [5.41, 5.74) is -0.428. The zero-order valence-electron chi connectivity index (χ0n) is 13.3. The van der Waals surface area contributed by atoms with Crippen LogP contribution >= 0.6 is 23.2 Å². The van der Waals surface area contributed by atoms with Gasteiger partial charge in [0.15, 0.2) is 0 Å². The van der Waals surface area contributed by atoms with Crippen LogP contribution in [0.2, 0.25) is 10.0 Å². The van der Waals surface area contributed by atoms with E-state index >= 15 is 0 Å². The highest BCUT2D eigenvalue weighted by Gasteiger charge is 2.43. The lowest BCUT2D eigenvalue weighted by Crippen LogP contribution is -2.40. The number of benzene rings is 2. The van der Waals surface area contributed by atoms with Gasteiger partial charge < -0.3 is 5.32 Å². The maximum atomic E-state index is 12.5. The van der Waals surface area contributed by atoms with Gasteiger partial charge in [-0.3, -0.25) is 14.8 Å². The standard InChI is InChI=1S/C16H13Cl2N3O4S/c1-16(14(22)19-15(23)20-16)9-2-4-12(5-3-9)21-26(24,25)13-7-10(17)6-11(18)8-13/h2-8,21H,1H3,(H2,19,20,22,23)/t16-/m1/s1. The molecule has 0 aliphatic carbocycles. The van der Waals surface area contributed by atoms with E-state index in [1.165, 1.54) is 30.3 Å². The van der Waals surface area contributed by atoms with Gasteiger partial charge in [0, 0.05) is 15.7 Å². The first-order valence-electron chi connectivity index (χ1n) is 7.33. The van der Waals surface area contributed by atoms with E-state index in [0.29, 0.717) is 5.56 Å². The van der Waals surface area contributed by atoms with E-state index in [0.717, 1.165) is 0 Å². The minimum atomic E-state index is -3.89. The number of hydrogen-bond acceptors (Lipinski definition) is 4. The van der Waals surface area contributed by atoms with Crippen molar-refractivity contribution in [2.45, 2.75) is 17.4 Å². The largest absolute Gasteiger partial charge is 0.322 e. The molecule has 0 bridgehead atoms. The van der Waals surface area contributed by atoms with Crippen LogP contribution in [0.25, 0.3) is 0 Å². The molecule has 3 rings (SSSR count). The molecule has 1 fully saturated rings. The Bertz CT molecular complexity index is 988. The molecule has 2 aromatic rings. The van der Waals surface area contributed by atoms with Gasteiger partial charge >= 0.3 is 6.03 Å². The van der Waals surface area contributed by atoms with Gasteiger partial charge in [0.05, 0.1) is 4.90 Å². The predicted octanol–water partition coefficient (Wildman–Crippen LogP) is 2.85. The van der Waals surface area contributed by atoms with E-state index in [4.69, 9.17) is 23.2 Å². The molecule has 1 heterocycles. The highest BCUT2D eigenvalue weighted by molar-refractivity contribution is 7.92. The van der Waals surface area contributed by atoms with Gasteiger partial charge in [0.25, 0.3) is 15.9 Å². The number of imide groups is 1. The van der Waals surface area contributed by atoms with Crippen LogP contribution in [0.5, 0.6) is 0 Å². The molecule has 1 aliphatic rings. The molecule has 7 nitrogen and oxygen atoms in total. The van der Waals surface area contributed by atoms with Crippen LogP contribution in [-0.4, -0.2) is 20.4 Å². The summed E-state index contributed by atoms with van der Waals surface area (Å²) in [7, 11) is -3.89. The summed E-state index contributed by atoms with van der Waals surface area (Å²) >= 11 is 11.7. The Morgan fingerprint density at radius 2 is 1.58 bits per heavy atom. The lowest BCUT2D eigenvalue weighted by Gasteiger charge is -2.21. The topological polar surface area (TPSA) is 104 Å². The maximum Gasteiger partial charge on any atom is 0.322 e. The molecule has 26 heavy (non-hydrogen) atoms. The molecule has 136 valence electrons. The van der Waals surface area contributed by atoms with E-state index in [-0.39, 0.29) is 20.6 Å². The van der Waals surface area contributed by atoms with Crippen molar-refractivity contribution >= 4 is 50.9 Å². The van der Waals surface area contributed by atoms with Crippen LogP contribution in [0.4, 0.5) is 10.5 Å². The first-order chi connectivity index (χ1) is 12.1. The SMILES string of the molecule is C[C@]1(c2ccc(NS(=O)(=O)c3cc(Cl)cc(Cl)c3)cc2)NC(=O)NC1=O. The van der Waals surface area contributed by atoms with E-state index in [9.17, 15) is 18.0 Å². The summed E-state index contributed by atoms with van der Waals surface area (Å²) in [5, 5.41) is 5.10. The van der Waals surface area contributed by atoms with Crippen LogP contribution in [-0.2, 0) is 20.4 Å². The molecule has 10 heteroatoms. The third kappa shape index (κ3) is 3.48. The Hall–Kier alpha value is -2.29. The first-order valence-corrected chi connectivity index (χ1v) is 9.57. The Morgan fingerprint density at radius 1 is 1.00 bits per heavy atom. The van der Waals surface area contributed by atoms with Crippen molar-refractivity contribution in [3.63, 3.8) is 0 Å². The lowest BCUT2D eigenvalue weighted by atomic mass is 9.92. The average Bonchev–Trinajstić information content (AvgIpc) is 2.80. The number of urea groups is 1. The number of nitrogens with one attached hydrogen (secondary N) is 3. The lowest BCUT2D eigenvalue weighted by molar-refractivity contribution is -0.123. The smallest absolute Gasteiger partial charge is 0.320 e. The third-order valence-electron chi connectivity index (χ3n) is 3.91. The second-order valence-corrected chi connectivity index (χ2v) is 8.38. The van der Waals surface area contributed by atoms with Crippen molar-refractivity contribution in [3.05, 3.63) is 58.1 Å². The normalized spacial score (nSPS) is 19.8. The zero-order chi connectivity index (χ0) is 19.1. The quantitative estimate of drug-likeness (QED) is 0.670. The number of anilines is 1. The van der Waals surface area contributed by atoms with Gasteiger partial charge in [-0.15, -0.1) is 0 Å². The van der Waals surface area contributed by atoms with Crippen molar-refractivity contribution < 1.29 is 18.0 Å². The molecule has 0 spiro atoms. The molecule has 2 aromatic carbocycles. The molecule has 3 amide bonds. The number of amides is 3. The molecule has 3 N–H and O–H groups in total. The summed E-state index contributed by atoms with van der Waals surface area (Å²) in [5.74, 6) is -0.482. The van der Waals surface area contributed by atoms with Gasteiger partial charge in [-0.25, -0.2) is 13.2 Å². The second-order valence-electron chi connectivity index (χ2n) is 5.82. The third-order valence-corrected chi connectivity index (χ3v) is 5.70. The first kappa shape index (κ1) is 18.5. The Kier molecular flexibility index (Phi) is 4.60. The molecule has 0 saturated carbocycles. The van der Waals surface area contributed by atoms with Gasteiger partial charge in [0.1, 0.15) is 5.54 Å². The molecular formula is C16H13Cl2N3O4S. The fourth-order valence-electron chi connectivity index (χ4n) is 2.52. The fraction of sp³-hybridized carbons (Fsp3) is 0.125. The van der Waals surface area contributed by atoms with Crippen LogP contribution < -0.4 is 15.4 Å². The van der Waals surface area contributed by atoms with E-state index in [1.54, 1.807) is 19.1 Å². The zero-order valence-corrected chi connectivity index (χ0v) is 15.7. The molecule has 1 atom stereocenters. The van der Waals surface area contributed by atoms with Crippen LogP contribution in [0, 0.1) is 0 Å². The number of halogens is 2. The van der Waals surface area contributed by atoms with Gasteiger partial charge in [0.2, 0.25) is 0 Å². The van der Waals surface area contributed by atoms with Gasteiger partial charge in [-0.05, 0) is 42.8 Å². The van der Waals surface area contributed by atoms with Gasteiger partial charge in [-0.2, -0.15) is 0 Å². The molecule has 1 aliphatic heterocycles. The summed E-state index contributed by atoms with van der Waals surface area (Å²) in [6.45, 7) is 1.56. The molecule has 0 aromatic heterocycles. The Morgan fingerprint density at radius 3 is 2.08 bits per heavy atom. The number of sulfonamides is 1. The minimum absolute atomic E-state index is 0.0755. The highest BCUT2D eigenvalue weighted by Crippen LogP contribution is 2.27. The Labute approximate surface area is 159 Å². The van der Waals surface area contributed by atoms with Crippen LogP contribution in [0.15, 0.2) is 47.4 Å². The Balaban J connectivity index is 1.85. The summed E-state index contributed by atoms with van der Waals surface area (Å²) in [6, 6.07) is 9.48.